The molecule has 3 heteroatoms. The number of ether oxygens (including phenoxy) is 1. The van der Waals surface area contributed by atoms with Crippen molar-refractivity contribution in [2.45, 2.75) is 33.9 Å². The first-order valence-corrected chi connectivity index (χ1v) is 6.08. The monoisotopic (exact) mass is 245 g/mol. The molecule has 3 nitrogen and oxygen atoms in total. The highest BCUT2D eigenvalue weighted by Gasteiger charge is 2.10. The fourth-order valence-electron chi connectivity index (χ4n) is 1.96. The average Bonchev–Trinajstić information content (AvgIpc) is 2.81. The number of benzene rings is 1. The molecule has 0 radical (unpaired) electrons. The highest BCUT2D eigenvalue weighted by molar-refractivity contribution is 5.44. The molecule has 0 unspecified atom stereocenters. The fraction of sp³-hybridized carbons (Fsp3) is 0.333. The molecule has 96 valence electrons. The van der Waals surface area contributed by atoms with E-state index in [0.717, 1.165) is 22.6 Å². The molecule has 0 saturated heterocycles. The largest absolute Gasteiger partial charge is 0.485 e. The summed E-state index contributed by atoms with van der Waals surface area (Å²) in [5, 5.41) is 0. The van der Waals surface area contributed by atoms with E-state index >= 15 is 0 Å². The zero-order valence-electron chi connectivity index (χ0n) is 11.1. The van der Waals surface area contributed by atoms with Crippen LogP contribution in [0.1, 0.15) is 28.0 Å². The number of rotatable bonds is 4. The van der Waals surface area contributed by atoms with Crippen LogP contribution in [0.15, 0.2) is 28.9 Å². The number of hydrogen-bond donors (Lipinski definition) is 1. The smallest absolute Gasteiger partial charge is 0.146 e. The molecule has 1 heterocycles. The van der Waals surface area contributed by atoms with Gasteiger partial charge in [0.15, 0.2) is 0 Å². The molecule has 1 aromatic heterocycles. The van der Waals surface area contributed by atoms with Gasteiger partial charge in [0.25, 0.3) is 0 Å². The first kappa shape index (κ1) is 12.7. The van der Waals surface area contributed by atoms with Gasteiger partial charge in [0.2, 0.25) is 0 Å². The SMILES string of the molecule is Cc1ccc(C)c(OCc2occc2CN)c1C. The Balaban J connectivity index is 2.18. The van der Waals surface area contributed by atoms with Gasteiger partial charge in [-0.05, 0) is 43.5 Å². The van der Waals surface area contributed by atoms with Gasteiger partial charge in [-0.25, -0.2) is 0 Å². The van der Waals surface area contributed by atoms with Crippen molar-refractivity contribution in [3.05, 3.63) is 52.5 Å². The van der Waals surface area contributed by atoms with E-state index in [9.17, 15) is 0 Å². The molecule has 1 aromatic carbocycles. The summed E-state index contributed by atoms with van der Waals surface area (Å²) in [6, 6.07) is 6.06. The number of hydrogen-bond acceptors (Lipinski definition) is 3. The normalized spacial score (nSPS) is 10.7. The molecule has 0 spiro atoms. The molecule has 0 atom stereocenters. The van der Waals surface area contributed by atoms with E-state index in [2.05, 4.69) is 26.0 Å². The van der Waals surface area contributed by atoms with Gasteiger partial charge in [0.1, 0.15) is 18.1 Å². The summed E-state index contributed by atoms with van der Waals surface area (Å²) in [5.74, 6) is 1.74. The molecule has 0 amide bonds. The van der Waals surface area contributed by atoms with Crippen molar-refractivity contribution in [1.29, 1.82) is 0 Å². The Kier molecular flexibility index (Phi) is 3.72. The first-order chi connectivity index (χ1) is 8.63. The molecule has 0 aliphatic rings. The van der Waals surface area contributed by atoms with Gasteiger partial charge in [-0.15, -0.1) is 0 Å². The van der Waals surface area contributed by atoms with Crippen LogP contribution in [0.25, 0.3) is 0 Å². The molecule has 2 aromatic rings. The summed E-state index contributed by atoms with van der Waals surface area (Å²) < 4.78 is 11.3. The van der Waals surface area contributed by atoms with Crippen LogP contribution in [-0.4, -0.2) is 0 Å². The van der Waals surface area contributed by atoms with Crippen LogP contribution >= 0.6 is 0 Å². The number of aryl methyl sites for hydroxylation is 2. The van der Waals surface area contributed by atoms with Crippen LogP contribution < -0.4 is 10.5 Å². The Labute approximate surface area is 108 Å². The minimum absolute atomic E-state index is 0.421. The minimum Gasteiger partial charge on any atom is -0.485 e. The maximum atomic E-state index is 5.89. The quantitative estimate of drug-likeness (QED) is 0.899. The van der Waals surface area contributed by atoms with Gasteiger partial charge in [0.05, 0.1) is 6.26 Å². The van der Waals surface area contributed by atoms with Crippen LogP contribution in [0.4, 0.5) is 0 Å². The van der Waals surface area contributed by atoms with Gasteiger partial charge in [-0.1, -0.05) is 12.1 Å². The van der Waals surface area contributed by atoms with Gasteiger partial charge < -0.3 is 14.9 Å². The predicted molar refractivity (Wildman–Crippen MR) is 71.6 cm³/mol. The lowest BCUT2D eigenvalue weighted by molar-refractivity contribution is 0.265. The van der Waals surface area contributed by atoms with Crippen LogP contribution in [0.3, 0.4) is 0 Å². The van der Waals surface area contributed by atoms with Crippen LogP contribution in [0, 0.1) is 20.8 Å². The molecule has 18 heavy (non-hydrogen) atoms. The van der Waals surface area contributed by atoms with Crippen molar-refractivity contribution >= 4 is 0 Å². The van der Waals surface area contributed by atoms with E-state index in [1.807, 2.05) is 13.0 Å². The van der Waals surface area contributed by atoms with Crippen LogP contribution in [-0.2, 0) is 13.2 Å². The molecule has 2 rings (SSSR count). The summed E-state index contributed by atoms with van der Waals surface area (Å²) in [4.78, 5) is 0. The third kappa shape index (κ3) is 2.41. The van der Waals surface area contributed by atoms with Crippen LogP contribution in [0.5, 0.6) is 5.75 Å². The average molecular weight is 245 g/mol. The van der Waals surface area contributed by atoms with Crippen molar-refractivity contribution in [3.8, 4) is 5.75 Å². The van der Waals surface area contributed by atoms with E-state index < -0.39 is 0 Å². The maximum absolute atomic E-state index is 5.89. The fourth-order valence-corrected chi connectivity index (χ4v) is 1.96. The number of nitrogens with two attached hydrogens (primary N) is 1. The first-order valence-electron chi connectivity index (χ1n) is 6.08. The third-order valence-corrected chi connectivity index (χ3v) is 3.28. The summed E-state index contributed by atoms with van der Waals surface area (Å²) in [6.45, 7) is 7.10. The molecule has 0 aliphatic carbocycles. The lowest BCUT2D eigenvalue weighted by Crippen LogP contribution is -2.03. The Hall–Kier alpha value is -1.74. The molecule has 0 aliphatic heterocycles. The topological polar surface area (TPSA) is 48.4 Å². The molecular formula is C15H19NO2. The minimum atomic E-state index is 0.421. The van der Waals surface area contributed by atoms with Crippen LogP contribution in [0.2, 0.25) is 0 Å². The zero-order valence-corrected chi connectivity index (χ0v) is 11.1. The Morgan fingerprint density at radius 3 is 2.56 bits per heavy atom. The van der Waals surface area contributed by atoms with Crippen molar-refractivity contribution in [2.24, 2.45) is 5.73 Å². The summed E-state index contributed by atoms with van der Waals surface area (Å²) in [5.41, 5.74) is 10.2. The molecule has 2 N–H and O–H groups in total. The predicted octanol–water partition coefficient (Wildman–Crippen LogP) is 3.24. The zero-order chi connectivity index (χ0) is 13.1. The number of furan rings is 1. The Morgan fingerprint density at radius 1 is 1.11 bits per heavy atom. The highest BCUT2D eigenvalue weighted by Crippen LogP contribution is 2.27. The maximum Gasteiger partial charge on any atom is 0.146 e. The highest BCUT2D eigenvalue weighted by atomic mass is 16.5. The Bertz CT molecular complexity index is 543. The third-order valence-electron chi connectivity index (χ3n) is 3.28. The molecule has 0 saturated carbocycles. The van der Waals surface area contributed by atoms with E-state index in [1.54, 1.807) is 6.26 Å². The second kappa shape index (κ2) is 5.27. The molecule has 0 fully saturated rings. The van der Waals surface area contributed by atoms with Crippen molar-refractivity contribution in [1.82, 2.24) is 0 Å². The second-order valence-corrected chi connectivity index (χ2v) is 4.52. The lowest BCUT2D eigenvalue weighted by atomic mass is 10.1. The summed E-state index contributed by atoms with van der Waals surface area (Å²) in [7, 11) is 0. The van der Waals surface area contributed by atoms with Crippen molar-refractivity contribution < 1.29 is 9.15 Å². The van der Waals surface area contributed by atoms with E-state index in [-0.39, 0.29) is 0 Å². The standard InChI is InChI=1S/C15H19NO2/c1-10-4-5-11(2)15(12(10)3)18-9-14-13(8-16)6-7-17-14/h4-7H,8-9,16H2,1-3H3. The summed E-state index contributed by atoms with van der Waals surface area (Å²) >= 11 is 0. The van der Waals surface area contributed by atoms with Crippen molar-refractivity contribution in [3.63, 3.8) is 0 Å². The van der Waals surface area contributed by atoms with Crippen molar-refractivity contribution in [2.75, 3.05) is 0 Å². The van der Waals surface area contributed by atoms with E-state index in [4.69, 9.17) is 14.9 Å². The van der Waals surface area contributed by atoms with Gasteiger partial charge >= 0.3 is 0 Å². The van der Waals surface area contributed by atoms with E-state index in [0.29, 0.717) is 13.2 Å². The van der Waals surface area contributed by atoms with Gasteiger partial charge in [-0.3, -0.25) is 0 Å². The second-order valence-electron chi connectivity index (χ2n) is 4.52. The van der Waals surface area contributed by atoms with Gasteiger partial charge in [-0.2, -0.15) is 0 Å². The molecular weight excluding hydrogens is 226 g/mol. The Morgan fingerprint density at radius 2 is 1.83 bits per heavy atom. The molecule has 0 bridgehead atoms. The lowest BCUT2D eigenvalue weighted by Gasteiger charge is -2.13. The van der Waals surface area contributed by atoms with Gasteiger partial charge in [0, 0.05) is 12.1 Å². The summed E-state index contributed by atoms with van der Waals surface area (Å²) in [6.07, 6.45) is 1.65. The van der Waals surface area contributed by atoms with E-state index in [1.165, 1.54) is 11.1 Å².